The number of hydrogen-bond donors (Lipinski definition) is 1. The van der Waals surface area contributed by atoms with Gasteiger partial charge in [0.05, 0.1) is 35.7 Å². The van der Waals surface area contributed by atoms with Gasteiger partial charge in [-0.25, -0.2) is 4.79 Å². The highest BCUT2D eigenvalue weighted by Crippen LogP contribution is 2.34. The third kappa shape index (κ3) is 4.63. The minimum atomic E-state index is -0.405. The summed E-state index contributed by atoms with van der Waals surface area (Å²) in [5.41, 5.74) is 1.34. The van der Waals surface area contributed by atoms with Crippen LogP contribution in [0.2, 0.25) is 0 Å². The number of azo groups is 1. The van der Waals surface area contributed by atoms with E-state index in [4.69, 9.17) is 9.47 Å². The molecule has 7 heteroatoms. The SMILES string of the molecule is COc1cc(N=Nc2ccc(C(=O)OC(C)C)cc2)cc(C=O)c1O. The Morgan fingerprint density at radius 2 is 1.76 bits per heavy atom. The van der Waals surface area contributed by atoms with Crippen molar-refractivity contribution in [1.29, 1.82) is 0 Å². The van der Waals surface area contributed by atoms with Gasteiger partial charge in [0, 0.05) is 6.07 Å². The lowest BCUT2D eigenvalue weighted by Gasteiger charge is -2.07. The molecule has 0 spiro atoms. The Balaban J connectivity index is 2.19. The van der Waals surface area contributed by atoms with E-state index in [0.717, 1.165) is 0 Å². The number of nitrogens with zero attached hydrogens (tertiary/aromatic N) is 2. The Labute approximate surface area is 144 Å². The number of aldehydes is 1. The first-order chi connectivity index (χ1) is 11.9. The number of phenolic OH excluding ortho intramolecular Hbond substituents is 1. The molecule has 0 heterocycles. The van der Waals surface area contributed by atoms with E-state index in [2.05, 4.69) is 10.2 Å². The van der Waals surface area contributed by atoms with Crippen LogP contribution in [0.5, 0.6) is 11.5 Å². The van der Waals surface area contributed by atoms with Crippen LogP contribution in [0.25, 0.3) is 0 Å². The Hall–Kier alpha value is -3.22. The van der Waals surface area contributed by atoms with Crippen LogP contribution in [-0.4, -0.2) is 30.6 Å². The lowest BCUT2D eigenvalue weighted by Crippen LogP contribution is -2.11. The molecular weight excluding hydrogens is 324 g/mol. The van der Waals surface area contributed by atoms with Crippen molar-refractivity contribution >= 4 is 23.6 Å². The minimum absolute atomic E-state index is 0.0556. The second kappa shape index (κ2) is 8.05. The smallest absolute Gasteiger partial charge is 0.338 e. The molecule has 0 aromatic heterocycles. The minimum Gasteiger partial charge on any atom is -0.504 e. The zero-order valence-corrected chi connectivity index (χ0v) is 14.1. The van der Waals surface area contributed by atoms with E-state index in [-0.39, 0.29) is 23.2 Å². The summed E-state index contributed by atoms with van der Waals surface area (Å²) >= 11 is 0. The third-order valence-corrected chi connectivity index (χ3v) is 3.16. The Kier molecular flexibility index (Phi) is 5.84. The highest BCUT2D eigenvalue weighted by Gasteiger charge is 2.10. The van der Waals surface area contributed by atoms with Crippen LogP contribution in [0, 0.1) is 0 Å². The van der Waals surface area contributed by atoms with Crippen LogP contribution in [0.3, 0.4) is 0 Å². The number of methoxy groups -OCH3 is 1. The molecule has 2 rings (SSSR count). The second-order valence-electron chi connectivity index (χ2n) is 5.40. The number of carbonyl (C=O) groups is 2. The predicted octanol–water partition coefficient (Wildman–Crippen LogP) is 4.19. The fourth-order valence-electron chi connectivity index (χ4n) is 1.98. The molecule has 0 aliphatic heterocycles. The molecule has 0 radical (unpaired) electrons. The van der Waals surface area contributed by atoms with Gasteiger partial charge in [0.15, 0.2) is 17.8 Å². The zero-order valence-electron chi connectivity index (χ0n) is 14.1. The number of phenols is 1. The van der Waals surface area contributed by atoms with Crippen molar-refractivity contribution in [1.82, 2.24) is 0 Å². The average Bonchev–Trinajstić information content (AvgIpc) is 2.60. The van der Waals surface area contributed by atoms with Crippen LogP contribution >= 0.6 is 0 Å². The molecule has 0 amide bonds. The first kappa shape index (κ1) is 18.1. The van der Waals surface area contributed by atoms with E-state index < -0.39 is 5.97 Å². The van der Waals surface area contributed by atoms with Crippen LogP contribution in [-0.2, 0) is 4.74 Å². The van der Waals surface area contributed by atoms with Gasteiger partial charge in [0.2, 0.25) is 0 Å². The highest BCUT2D eigenvalue weighted by molar-refractivity contribution is 5.89. The van der Waals surface area contributed by atoms with E-state index in [0.29, 0.717) is 23.2 Å². The topological polar surface area (TPSA) is 97.5 Å². The normalized spacial score (nSPS) is 10.9. The summed E-state index contributed by atoms with van der Waals surface area (Å²) in [4.78, 5) is 22.7. The molecule has 0 bridgehead atoms. The number of ether oxygens (including phenoxy) is 2. The maximum atomic E-state index is 11.8. The van der Waals surface area contributed by atoms with Gasteiger partial charge < -0.3 is 14.6 Å². The molecule has 0 unspecified atom stereocenters. The first-order valence-electron chi connectivity index (χ1n) is 7.53. The van der Waals surface area contributed by atoms with Gasteiger partial charge in [-0.3, -0.25) is 4.79 Å². The third-order valence-electron chi connectivity index (χ3n) is 3.16. The molecule has 2 aromatic carbocycles. The number of hydrogen-bond acceptors (Lipinski definition) is 7. The lowest BCUT2D eigenvalue weighted by molar-refractivity contribution is 0.0378. The van der Waals surface area contributed by atoms with Crippen molar-refractivity contribution in [3.05, 3.63) is 47.5 Å². The summed E-state index contributed by atoms with van der Waals surface area (Å²) in [6.45, 7) is 3.56. The molecule has 7 nitrogen and oxygen atoms in total. The average molecular weight is 342 g/mol. The van der Waals surface area contributed by atoms with Crippen LogP contribution in [0.15, 0.2) is 46.6 Å². The van der Waals surface area contributed by atoms with Crippen molar-refractivity contribution in [2.24, 2.45) is 10.2 Å². The van der Waals surface area contributed by atoms with Gasteiger partial charge in [0.1, 0.15) is 0 Å². The van der Waals surface area contributed by atoms with Crippen LogP contribution in [0.4, 0.5) is 11.4 Å². The molecular formula is C18H18N2O5. The molecule has 1 N–H and O–H groups in total. The van der Waals surface area contributed by atoms with Crippen molar-refractivity contribution in [3.8, 4) is 11.5 Å². The molecule has 25 heavy (non-hydrogen) atoms. The molecule has 2 aromatic rings. The zero-order chi connectivity index (χ0) is 18.4. The van der Waals surface area contributed by atoms with Crippen molar-refractivity contribution in [3.63, 3.8) is 0 Å². The monoisotopic (exact) mass is 342 g/mol. The number of benzene rings is 2. The van der Waals surface area contributed by atoms with Gasteiger partial charge in [-0.05, 0) is 44.2 Å². The Bertz CT molecular complexity index is 798. The quantitative estimate of drug-likeness (QED) is 0.482. The van der Waals surface area contributed by atoms with E-state index >= 15 is 0 Å². The maximum Gasteiger partial charge on any atom is 0.338 e. The van der Waals surface area contributed by atoms with Gasteiger partial charge in [0.25, 0.3) is 0 Å². The standard InChI is InChI=1S/C18H18N2O5/c1-11(2)25-18(23)12-4-6-14(7-5-12)19-20-15-8-13(10-21)17(22)16(9-15)24-3/h4-11,22H,1-3H3. The fourth-order valence-corrected chi connectivity index (χ4v) is 1.98. The fraction of sp³-hybridized carbons (Fsp3) is 0.222. The van der Waals surface area contributed by atoms with Gasteiger partial charge >= 0.3 is 5.97 Å². The molecule has 130 valence electrons. The van der Waals surface area contributed by atoms with Crippen LogP contribution < -0.4 is 4.74 Å². The molecule has 0 aliphatic carbocycles. The number of carbonyl (C=O) groups excluding carboxylic acids is 2. The van der Waals surface area contributed by atoms with Crippen molar-refractivity contribution in [2.75, 3.05) is 7.11 Å². The predicted molar refractivity (Wildman–Crippen MR) is 91.2 cm³/mol. The number of rotatable bonds is 6. The molecule has 0 fully saturated rings. The molecule has 0 saturated carbocycles. The number of esters is 1. The largest absolute Gasteiger partial charge is 0.504 e. The van der Waals surface area contributed by atoms with Gasteiger partial charge in [-0.1, -0.05) is 0 Å². The van der Waals surface area contributed by atoms with E-state index in [1.165, 1.54) is 19.2 Å². The highest BCUT2D eigenvalue weighted by atomic mass is 16.5. The summed E-state index contributed by atoms with van der Waals surface area (Å²) in [6.07, 6.45) is 0.315. The van der Waals surface area contributed by atoms with E-state index in [1.807, 2.05) is 0 Å². The van der Waals surface area contributed by atoms with E-state index in [9.17, 15) is 14.7 Å². The van der Waals surface area contributed by atoms with Gasteiger partial charge in [-0.15, -0.1) is 0 Å². The number of aromatic hydroxyl groups is 1. The lowest BCUT2D eigenvalue weighted by atomic mass is 10.2. The Morgan fingerprint density at radius 1 is 1.12 bits per heavy atom. The molecule has 0 atom stereocenters. The van der Waals surface area contributed by atoms with Crippen LogP contribution in [0.1, 0.15) is 34.6 Å². The first-order valence-corrected chi connectivity index (χ1v) is 7.53. The summed E-state index contributed by atoms with van der Waals surface area (Å²) in [5, 5.41) is 17.8. The molecule has 0 aliphatic rings. The maximum absolute atomic E-state index is 11.8. The summed E-state index contributed by atoms with van der Waals surface area (Å²) in [7, 11) is 1.37. The molecule has 0 saturated heterocycles. The van der Waals surface area contributed by atoms with Crippen molar-refractivity contribution in [2.45, 2.75) is 20.0 Å². The Morgan fingerprint density at radius 3 is 2.32 bits per heavy atom. The van der Waals surface area contributed by atoms with Gasteiger partial charge in [-0.2, -0.15) is 10.2 Å². The van der Waals surface area contributed by atoms with Crippen molar-refractivity contribution < 1.29 is 24.2 Å². The second-order valence-corrected chi connectivity index (χ2v) is 5.40. The summed E-state index contributed by atoms with van der Waals surface area (Å²) in [5.74, 6) is -0.521. The summed E-state index contributed by atoms with van der Waals surface area (Å²) < 4.78 is 10.1. The summed E-state index contributed by atoms with van der Waals surface area (Å²) in [6, 6.07) is 9.28. The van der Waals surface area contributed by atoms with E-state index in [1.54, 1.807) is 38.1 Å².